The van der Waals surface area contributed by atoms with Crippen LogP contribution in [0, 0.1) is 12.8 Å². The molecule has 0 aliphatic heterocycles. The van der Waals surface area contributed by atoms with E-state index < -0.39 is 0 Å². The van der Waals surface area contributed by atoms with Crippen LogP contribution in [0.1, 0.15) is 30.7 Å². The van der Waals surface area contributed by atoms with E-state index in [-0.39, 0.29) is 11.8 Å². The fourth-order valence-electron chi connectivity index (χ4n) is 2.02. The highest BCUT2D eigenvalue weighted by Crippen LogP contribution is 2.17. The van der Waals surface area contributed by atoms with Crippen LogP contribution in [0.5, 0.6) is 0 Å². The van der Waals surface area contributed by atoms with Crippen LogP contribution < -0.4 is 5.32 Å². The first kappa shape index (κ1) is 11.9. The average molecular weight is 234 g/mol. The van der Waals surface area contributed by atoms with Crippen molar-refractivity contribution in [2.24, 2.45) is 5.92 Å². The molecule has 0 saturated heterocycles. The van der Waals surface area contributed by atoms with Crippen molar-refractivity contribution in [3.8, 4) is 0 Å². The van der Waals surface area contributed by atoms with E-state index in [0.717, 1.165) is 30.7 Å². The van der Waals surface area contributed by atoms with Gasteiger partial charge >= 0.3 is 0 Å². The van der Waals surface area contributed by atoms with Crippen LogP contribution in [0.4, 0.5) is 0 Å². The summed E-state index contributed by atoms with van der Waals surface area (Å²) in [6.07, 6.45) is 7.78. The van der Waals surface area contributed by atoms with E-state index in [9.17, 15) is 4.79 Å². The zero-order chi connectivity index (χ0) is 12.1. The van der Waals surface area contributed by atoms with Crippen LogP contribution in [0.25, 0.3) is 0 Å². The van der Waals surface area contributed by atoms with Gasteiger partial charge in [0.1, 0.15) is 5.76 Å². The summed E-state index contributed by atoms with van der Waals surface area (Å²) in [5, 5.41) is 6.76. The van der Waals surface area contributed by atoms with Gasteiger partial charge in [0.05, 0.1) is 5.69 Å². The molecule has 1 aliphatic carbocycles. The number of aryl methyl sites for hydroxylation is 1. The summed E-state index contributed by atoms with van der Waals surface area (Å²) in [4.78, 5) is 11.8. The second kappa shape index (κ2) is 5.66. The highest BCUT2D eigenvalue weighted by Gasteiger charge is 2.17. The minimum atomic E-state index is 0.150. The topological polar surface area (TPSA) is 55.1 Å². The summed E-state index contributed by atoms with van der Waals surface area (Å²) in [6.45, 7) is 2.51. The van der Waals surface area contributed by atoms with E-state index in [1.54, 1.807) is 0 Å². The Morgan fingerprint density at radius 2 is 2.47 bits per heavy atom. The summed E-state index contributed by atoms with van der Waals surface area (Å²) in [6, 6.07) is 1.90. The molecule has 1 amide bonds. The number of carbonyl (C=O) groups excluding carboxylic acids is 1. The minimum Gasteiger partial charge on any atom is -0.361 e. The molecule has 1 aromatic rings. The Hall–Kier alpha value is -1.58. The van der Waals surface area contributed by atoms with Crippen molar-refractivity contribution in [3.05, 3.63) is 29.7 Å². The summed E-state index contributed by atoms with van der Waals surface area (Å²) in [5.74, 6) is 1.13. The quantitative estimate of drug-likeness (QED) is 0.811. The Balaban J connectivity index is 1.71. The third-order valence-corrected chi connectivity index (χ3v) is 2.99. The molecule has 0 aromatic carbocycles. The molecule has 4 heteroatoms. The Kier molecular flexibility index (Phi) is 3.96. The Bertz CT molecular complexity index is 409. The lowest BCUT2D eigenvalue weighted by Gasteiger charge is -2.16. The summed E-state index contributed by atoms with van der Waals surface area (Å²) >= 11 is 0. The maximum atomic E-state index is 11.8. The Morgan fingerprint density at radius 3 is 3.12 bits per heavy atom. The van der Waals surface area contributed by atoms with E-state index in [0.29, 0.717) is 13.0 Å². The van der Waals surface area contributed by atoms with Gasteiger partial charge in [0.15, 0.2) is 0 Å². The molecule has 2 rings (SSSR count). The Labute approximate surface area is 101 Å². The number of hydrogen-bond acceptors (Lipinski definition) is 3. The number of nitrogens with one attached hydrogen (secondary N) is 1. The van der Waals surface area contributed by atoms with Gasteiger partial charge in [-0.2, -0.15) is 0 Å². The van der Waals surface area contributed by atoms with Gasteiger partial charge in [0.25, 0.3) is 0 Å². The standard InChI is InChI=1S/C13H18N2O2/c1-10-9-12(17-15-10)7-8-14-13(16)11-5-3-2-4-6-11/h2-3,9,11H,4-8H2,1H3,(H,14,16). The van der Waals surface area contributed by atoms with Gasteiger partial charge in [-0.25, -0.2) is 0 Å². The molecule has 1 heterocycles. The van der Waals surface area contributed by atoms with Crippen molar-refractivity contribution in [3.63, 3.8) is 0 Å². The summed E-state index contributed by atoms with van der Waals surface area (Å²) in [7, 11) is 0. The molecule has 92 valence electrons. The number of amides is 1. The molecule has 1 aromatic heterocycles. The summed E-state index contributed by atoms with van der Waals surface area (Å²) < 4.78 is 5.08. The monoisotopic (exact) mass is 234 g/mol. The van der Waals surface area contributed by atoms with Crippen molar-refractivity contribution < 1.29 is 9.32 Å². The van der Waals surface area contributed by atoms with Crippen LogP contribution in [-0.2, 0) is 11.2 Å². The van der Waals surface area contributed by atoms with Crippen molar-refractivity contribution >= 4 is 5.91 Å². The van der Waals surface area contributed by atoms with Gasteiger partial charge in [0.2, 0.25) is 5.91 Å². The highest BCUT2D eigenvalue weighted by atomic mass is 16.5. The normalized spacial score (nSPS) is 19.2. The van der Waals surface area contributed by atoms with Gasteiger partial charge in [0, 0.05) is 24.9 Å². The predicted molar refractivity (Wildman–Crippen MR) is 64.4 cm³/mol. The van der Waals surface area contributed by atoms with Gasteiger partial charge in [-0.1, -0.05) is 17.3 Å². The highest BCUT2D eigenvalue weighted by molar-refractivity contribution is 5.78. The van der Waals surface area contributed by atoms with E-state index >= 15 is 0 Å². The predicted octanol–water partition coefficient (Wildman–Crippen LogP) is 2.00. The zero-order valence-corrected chi connectivity index (χ0v) is 10.1. The van der Waals surface area contributed by atoms with Gasteiger partial charge in [-0.3, -0.25) is 4.79 Å². The number of nitrogens with zero attached hydrogens (tertiary/aromatic N) is 1. The van der Waals surface area contributed by atoms with E-state index in [2.05, 4.69) is 22.6 Å². The largest absolute Gasteiger partial charge is 0.361 e. The van der Waals surface area contributed by atoms with Crippen LogP contribution >= 0.6 is 0 Å². The molecule has 0 fully saturated rings. The first-order valence-electron chi connectivity index (χ1n) is 6.10. The molecule has 0 saturated carbocycles. The van der Waals surface area contributed by atoms with Gasteiger partial charge in [-0.05, 0) is 26.2 Å². The maximum absolute atomic E-state index is 11.8. The van der Waals surface area contributed by atoms with Crippen LogP contribution in [0.2, 0.25) is 0 Å². The molecule has 1 N–H and O–H groups in total. The molecule has 1 unspecified atom stereocenters. The number of hydrogen-bond donors (Lipinski definition) is 1. The lowest BCUT2D eigenvalue weighted by Crippen LogP contribution is -2.32. The minimum absolute atomic E-state index is 0.150. The molecular formula is C13H18N2O2. The van der Waals surface area contributed by atoms with Crippen LogP contribution in [0.15, 0.2) is 22.7 Å². The van der Waals surface area contributed by atoms with E-state index in [4.69, 9.17) is 4.52 Å². The number of aromatic nitrogens is 1. The third kappa shape index (κ3) is 3.44. The number of allylic oxidation sites excluding steroid dienone is 2. The van der Waals surface area contributed by atoms with Crippen LogP contribution in [0.3, 0.4) is 0 Å². The first-order chi connectivity index (χ1) is 8.25. The van der Waals surface area contributed by atoms with Crippen molar-refractivity contribution in [2.45, 2.75) is 32.6 Å². The molecule has 0 spiro atoms. The fraction of sp³-hybridized carbons (Fsp3) is 0.538. The lowest BCUT2D eigenvalue weighted by atomic mass is 9.94. The first-order valence-corrected chi connectivity index (χ1v) is 6.10. The van der Waals surface area contributed by atoms with E-state index in [1.807, 2.05) is 13.0 Å². The Morgan fingerprint density at radius 1 is 1.59 bits per heavy atom. The number of rotatable bonds is 4. The SMILES string of the molecule is Cc1cc(CCNC(=O)C2CC=CCC2)on1. The smallest absolute Gasteiger partial charge is 0.223 e. The summed E-state index contributed by atoms with van der Waals surface area (Å²) in [5.41, 5.74) is 0.878. The third-order valence-electron chi connectivity index (χ3n) is 2.99. The second-order valence-corrected chi connectivity index (χ2v) is 4.46. The van der Waals surface area contributed by atoms with Crippen LogP contribution in [-0.4, -0.2) is 17.6 Å². The second-order valence-electron chi connectivity index (χ2n) is 4.46. The molecule has 0 bridgehead atoms. The van der Waals surface area contributed by atoms with Crippen molar-refractivity contribution in [1.82, 2.24) is 10.5 Å². The zero-order valence-electron chi connectivity index (χ0n) is 10.1. The van der Waals surface area contributed by atoms with E-state index in [1.165, 1.54) is 0 Å². The lowest BCUT2D eigenvalue weighted by molar-refractivity contribution is -0.125. The average Bonchev–Trinajstić information content (AvgIpc) is 2.76. The number of carbonyl (C=O) groups is 1. The van der Waals surface area contributed by atoms with Crippen molar-refractivity contribution in [1.29, 1.82) is 0 Å². The molecule has 4 nitrogen and oxygen atoms in total. The molecule has 17 heavy (non-hydrogen) atoms. The molecule has 1 aliphatic rings. The fourth-order valence-corrected chi connectivity index (χ4v) is 2.02. The van der Waals surface area contributed by atoms with Gasteiger partial charge < -0.3 is 9.84 Å². The molecule has 1 atom stereocenters. The molecule has 0 radical (unpaired) electrons. The van der Waals surface area contributed by atoms with Gasteiger partial charge in [-0.15, -0.1) is 0 Å². The van der Waals surface area contributed by atoms with Crippen molar-refractivity contribution in [2.75, 3.05) is 6.54 Å². The molecular weight excluding hydrogens is 216 g/mol. The maximum Gasteiger partial charge on any atom is 0.223 e.